The molecule has 2 N–H and O–H groups in total. The highest BCUT2D eigenvalue weighted by molar-refractivity contribution is 14.0. The van der Waals surface area contributed by atoms with Crippen molar-refractivity contribution in [1.82, 2.24) is 10.6 Å². The number of aliphatic imine (C=N–C) groups is 1. The Kier molecular flexibility index (Phi) is 13.1. The van der Waals surface area contributed by atoms with Crippen LogP contribution in [0.4, 0.5) is 13.2 Å². The number of guanidine groups is 1. The molecule has 172 valence electrons. The second-order valence-electron chi connectivity index (χ2n) is 6.78. The number of nitrogens with one attached hydrogen (secondary N) is 2. The van der Waals surface area contributed by atoms with Crippen LogP contribution in [-0.2, 0) is 15.7 Å². The Hall–Kier alpha value is -1.27. The standard InChI is InChI=1S/C20H30F3N3O3.HI/c1-24-19(25-9-2-11-28-15-16-7-12-27-13-8-16)26-10-14-29-18-5-3-17(4-6-18)20(21,22)23;/h3-6,16H,2,7-15H2,1H3,(H2,24,25,26);1H. The van der Waals surface area contributed by atoms with E-state index in [4.69, 9.17) is 14.2 Å². The molecule has 1 aromatic carbocycles. The fourth-order valence-electron chi connectivity index (χ4n) is 2.84. The minimum atomic E-state index is -4.34. The van der Waals surface area contributed by atoms with Gasteiger partial charge in [-0.05, 0) is 49.4 Å². The third-order valence-electron chi connectivity index (χ3n) is 4.52. The van der Waals surface area contributed by atoms with E-state index in [0.29, 0.717) is 37.4 Å². The lowest BCUT2D eigenvalue weighted by Crippen LogP contribution is -2.39. The molecule has 6 nitrogen and oxygen atoms in total. The van der Waals surface area contributed by atoms with Crippen LogP contribution in [0, 0.1) is 5.92 Å². The Morgan fingerprint density at radius 2 is 1.77 bits per heavy atom. The SMILES string of the molecule is CN=C(NCCCOCC1CCOCC1)NCCOc1ccc(C(F)(F)F)cc1.I. The molecule has 0 radical (unpaired) electrons. The van der Waals surface area contributed by atoms with Gasteiger partial charge in [-0.1, -0.05) is 0 Å². The van der Waals surface area contributed by atoms with Crippen LogP contribution in [-0.4, -0.2) is 59.1 Å². The number of halogens is 4. The molecule has 0 amide bonds. The van der Waals surface area contributed by atoms with Crippen LogP contribution < -0.4 is 15.4 Å². The van der Waals surface area contributed by atoms with Crippen molar-refractivity contribution in [1.29, 1.82) is 0 Å². The molecule has 30 heavy (non-hydrogen) atoms. The summed E-state index contributed by atoms with van der Waals surface area (Å²) < 4.78 is 54.1. The number of rotatable bonds is 10. The van der Waals surface area contributed by atoms with E-state index in [1.165, 1.54) is 12.1 Å². The van der Waals surface area contributed by atoms with Crippen LogP contribution in [0.25, 0.3) is 0 Å². The van der Waals surface area contributed by atoms with Gasteiger partial charge in [0.15, 0.2) is 5.96 Å². The van der Waals surface area contributed by atoms with Crippen molar-refractivity contribution in [2.75, 3.05) is 53.2 Å². The van der Waals surface area contributed by atoms with Crippen molar-refractivity contribution in [2.45, 2.75) is 25.4 Å². The number of alkyl halides is 3. The van der Waals surface area contributed by atoms with E-state index in [1.807, 2.05) is 0 Å². The first kappa shape index (κ1) is 26.8. The molecule has 0 aliphatic carbocycles. The van der Waals surface area contributed by atoms with Crippen LogP contribution in [0.1, 0.15) is 24.8 Å². The van der Waals surface area contributed by atoms with E-state index in [1.54, 1.807) is 7.05 Å². The van der Waals surface area contributed by atoms with Gasteiger partial charge in [0, 0.05) is 40.0 Å². The molecule has 0 aromatic heterocycles. The van der Waals surface area contributed by atoms with Crippen molar-refractivity contribution in [3.05, 3.63) is 29.8 Å². The third-order valence-corrected chi connectivity index (χ3v) is 4.52. The van der Waals surface area contributed by atoms with Gasteiger partial charge in [-0.25, -0.2) is 0 Å². The molecule has 1 fully saturated rings. The number of hydrogen-bond acceptors (Lipinski definition) is 4. The summed E-state index contributed by atoms with van der Waals surface area (Å²) in [5.41, 5.74) is -0.690. The molecule has 0 unspecified atom stereocenters. The summed E-state index contributed by atoms with van der Waals surface area (Å²) >= 11 is 0. The van der Waals surface area contributed by atoms with Gasteiger partial charge < -0.3 is 24.8 Å². The Morgan fingerprint density at radius 3 is 2.40 bits per heavy atom. The second-order valence-corrected chi connectivity index (χ2v) is 6.78. The molecule has 1 saturated heterocycles. The molecule has 0 spiro atoms. The Bertz CT molecular complexity index is 610. The molecule has 0 saturated carbocycles. The highest BCUT2D eigenvalue weighted by Crippen LogP contribution is 2.30. The lowest BCUT2D eigenvalue weighted by molar-refractivity contribution is -0.137. The average molecular weight is 545 g/mol. The van der Waals surface area contributed by atoms with Crippen molar-refractivity contribution < 1.29 is 27.4 Å². The zero-order valence-electron chi connectivity index (χ0n) is 17.2. The Labute approximate surface area is 193 Å². The second kappa shape index (κ2) is 14.7. The van der Waals surface area contributed by atoms with Crippen LogP contribution in [0.3, 0.4) is 0 Å². The third kappa shape index (κ3) is 10.7. The van der Waals surface area contributed by atoms with E-state index in [0.717, 1.165) is 57.8 Å². The van der Waals surface area contributed by atoms with E-state index in [2.05, 4.69) is 15.6 Å². The summed E-state index contributed by atoms with van der Waals surface area (Å²) in [6.07, 6.45) is -1.33. The molecule has 1 heterocycles. The summed E-state index contributed by atoms with van der Waals surface area (Å²) in [5, 5.41) is 6.29. The van der Waals surface area contributed by atoms with Gasteiger partial charge in [0.2, 0.25) is 0 Å². The normalized spacial score (nSPS) is 15.4. The van der Waals surface area contributed by atoms with Gasteiger partial charge in [0.1, 0.15) is 12.4 Å². The van der Waals surface area contributed by atoms with E-state index >= 15 is 0 Å². The maximum Gasteiger partial charge on any atom is 0.416 e. The minimum Gasteiger partial charge on any atom is -0.492 e. The summed E-state index contributed by atoms with van der Waals surface area (Å²) in [4.78, 5) is 4.12. The predicted octanol–water partition coefficient (Wildman–Crippen LogP) is 3.70. The quantitative estimate of drug-likeness (QED) is 0.203. The van der Waals surface area contributed by atoms with Gasteiger partial charge in [-0.15, -0.1) is 24.0 Å². The molecular formula is C20H31F3IN3O3. The summed E-state index contributed by atoms with van der Waals surface area (Å²) in [5.74, 6) is 1.64. The van der Waals surface area contributed by atoms with Crippen LogP contribution in [0.15, 0.2) is 29.3 Å². The van der Waals surface area contributed by atoms with Crippen molar-refractivity contribution in [3.8, 4) is 5.75 Å². The molecule has 2 rings (SSSR count). The van der Waals surface area contributed by atoms with Crippen molar-refractivity contribution in [3.63, 3.8) is 0 Å². The van der Waals surface area contributed by atoms with E-state index in [-0.39, 0.29) is 24.0 Å². The van der Waals surface area contributed by atoms with Crippen LogP contribution in [0.5, 0.6) is 5.75 Å². The molecule has 1 aliphatic rings. The molecule has 1 aliphatic heterocycles. The largest absolute Gasteiger partial charge is 0.492 e. The molecule has 1 aromatic rings. The van der Waals surface area contributed by atoms with Crippen molar-refractivity contribution in [2.24, 2.45) is 10.9 Å². The van der Waals surface area contributed by atoms with E-state index in [9.17, 15) is 13.2 Å². The number of benzene rings is 1. The lowest BCUT2D eigenvalue weighted by atomic mass is 10.0. The fourth-order valence-corrected chi connectivity index (χ4v) is 2.84. The topological polar surface area (TPSA) is 64.1 Å². The monoisotopic (exact) mass is 545 g/mol. The fraction of sp³-hybridized carbons (Fsp3) is 0.650. The summed E-state index contributed by atoms with van der Waals surface area (Å²) in [7, 11) is 1.67. The predicted molar refractivity (Wildman–Crippen MR) is 121 cm³/mol. The first-order valence-corrected chi connectivity index (χ1v) is 9.89. The maximum atomic E-state index is 12.5. The van der Waals surface area contributed by atoms with Gasteiger partial charge in [-0.3, -0.25) is 4.99 Å². The average Bonchev–Trinajstić information content (AvgIpc) is 2.72. The molecule has 10 heteroatoms. The highest BCUT2D eigenvalue weighted by Gasteiger charge is 2.30. The van der Waals surface area contributed by atoms with Gasteiger partial charge in [0.05, 0.1) is 12.1 Å². The number of nitrogens with zero attached hydrogens (tertiary/aromatic N) is 1. The molecular weight excluding hydrogens is 514 g/mol. The van der Waals surface area contributed by atoms with Gasteiger partial charge in [-0.2, -0.15) is 13.2 Å². The van der Waals surface area contributed by atoms with Crippen LogP contribution >= 0.6 is 24.0 Å². The molecule has 0 atom stereocenters. The Morgan fingerprint density at radius 1 is 1.10 bits per heavy atom. The number of ether oxygens (including phenoxy) is 3. The first-order chi connectivity index (χ1) is 14.0. The van der Waals surface area contributed by atoms with Crippen molar-refractivity contribution >= 4 is 29.9 Å². The summed E-state index contributed by atoms with van der Waals surface area (Å²) in [6.45, 7) is 4.66. The highest BCUT2D eigenvalue weighted by atomic mass is 127. The lowest BCUT2D eigenvalue weighted by Gasteiger charge is -2.21. The number of hydrogen-bond donors (Lipinski definition) is 2. The first-order valence-electron chi connectivity index (χ1n) is 9.89. The zero-order valence-corrected chi connectivity index (χ0v) is 19.5. The van der Waals surface area contributed by atoms with Gasteiger partial charge in [0.25, 0.3) is 0 Å². The molecule has 0 bridgehead atoms. The van der Waals surface area contributed by atoms with Gasteiger partial charge >= 0.3 is 6.18 Å². The Balaban J connectivity index is 0.00000450. The zero-order chi connectivity index (χ0) is 21.0. The smallest absolute Gasteiger partial charge is 0.416 e. The summed E-state index contributed by atoms with van der Waals surface area (Å²) in [6, 6.07) is 4.65. The minimum absolute atomic E-state index is 0. The van der Waals surface area contributed by atoms with Crippen LogP contribution in [0.2, 0.25) is 0 Å². The van der Waals surface area contributed by atoms with E-state index < -0.39 is 11.7 Å². The maximum absolute atomic E-state index is 12.5.